The molecule has 0 aliphatic carbocycles. The van der Waals surface area contributed by atoms with E-state index in [1.807, 2.05) is 6.92 Å². The van der Waals surface area contributed by atoms with Crippen LogP contribution in [0.5, 0.6) is 0 Å². The van der Waals surface area contributed by atoms with Gasteiger partial charge in [-0.15, -0.1) is 11.3 Å². The Hall–Kier alpha value is -2.19. The molecule has 0 saturated carbocycles. The zero-order valence-corrected chi connectivity index (χ0v) is 15.5. The third-order valence-corrected chi connectivity index (χ3v) is 5.67. The molecule has 7 nitrogen and oxygen atoms in total. The Bertz CT molecular complexity index is 808. The smallest absolute Gasteiger partial charge is 0.274 e. The number of thiophene rings is 1. The Morgan fingerprint density at radius 3 is 2.84 bits per heavy atom. The summed E-state index contributed by atoms with van der Waals surface area (Å²) in [6.45, 7) is 8.49. The van der Waals surface area contributed by atoms with E-state index >= 15 is 0 Å². The molecule has 25 heavy (non-hydrogen) atoms. The summed E-state index contributed by atoms with van der Waals surface area (Å²) in [6.07, 6.45) is 2.36. The molecule has 3 N–H and O–H groups in total. The molecule has 0 saturated heterocycles. The van der Waals surface area contributed by atoms with E-state index in [0.29, 0.717) is 28.8 Å². The van der Waals surface area contributed by atoms with Crippen molar-refractivity contribution in [1.82, 2.24) is 14.7 Å². The largest absolute Gasteiger partial charge is 0.365 e. The van der Waals surface area contributed by atoms with Crippen LogP contribution in [0.1, 0.15) is 52.1 Å². The summed E-state index contributed by atoms with van der Waals surface area (Å²) < 4.78 is 1.62. The lowest BCUT2D eigenvalue weighted by Crippen LogP contribution is -2.35. The van der Waals surface area contributed by atoms with Crippen molar-refractivity contribution >= 4 is 28.2 Å². The van der Waals surface area contributed by atoms with Gasteiger partial charge in [0.05, 0.1) is 5.56 Å². The number of rotatable bonds is 5. The van der Waals surface area contributed by atoms with Crippen LogP contribution in [0.2, 0.25) is 0 Å². The molecule has 0 radical (unpaired) electrons. The van der Waals surface area contributed by atoms with Crippen LogP contribution < -0.4 is 11.1 Å². The first-order chi connectivity index (χ1) is 11.9. The maximum absolute atomic E-state index is 12.6. The molecule has 3 rings (SSSR count). The highest BCUT2D eigenvalue weighted by atomic mass is 32.1. The van der Waals surface area contributed by atoms with E-state index in [4.69, 9.17) is 5.73 Å². The molecule has 2 aromatic heterocycles. The summed E-state index contributed by atoms with van der Waals surface area (Å²) in [5, 5.41) is 7.52. The molecule has 0 atom stereocenters. The molecule has 2 aromatic rings. The summed E-state index contributed by atoms with van der Waals surface area (Å²) in [5.41, 5.74) is 7.52. The first-order valence-electron chi connectivity index (χ1n) is 8.43. The van der Waals surface area contributed by atoms with E-state index in [2.05, 4.69) is 29.2 Å². The molecule has 1 aliphatic heterocycles. The number of aromatic nitrogens is 2. The number of hydrogen-bond donors (Lipinski definition) is 2. The fourth-order valence-corrected chi connectivity index (χ4v) is 4.43. The van der Waals surface area contributed by atoms with Crippen molar-refractivity contribution in [2.24, 2.45) is 5.73 Å². The number of primary amides is 1. The van der Waals surface area contributed by atoms with E-state index in [0.717, 1.165) is 30.0 Å². The van der Waals surface area contributed by atoms with Gasteiger partial charge in [0.15, 0.2) is 0 Å². The number of hydrogen-bond acceptors (Lipinski definition) is 5. The summed E-state index contributed by atoms with van der Waals surface area (Å²) in [5.74, 6) is -0.768. The van der Waals surface area contributed by atoms with E-state index in [-0.39, 0.29) is 5.91 Å². The van der Waals surface area contributed by atoms with Gasteiger partial charge < -0.3 is 11.1 Å². The molecular formula is C17H23N5O2S. The second-order valence-electron chi connectivity index (χ2n) is 6.37. The Balaban J connectivity index is 1.92. The van der Waals surface area contributed by atoms with E-state index in [1.54, 1.807) is 16.9 Å². The molecule has 3 heterocycles. The maximum atomic E-state index is 12.6. The second-order valence-corrected chi connectivity index (χ2v) is 7.48. The lowest BCUT2D eigenvalue weighted by atomic mass is 10.0. The minimum absolute atomic E-state index is 0.277. The Morgan fingerprint density at radius 2 is 2.20 bits per heavy atom. The zero-order valence-electron chi connectivity index (χ0n) is 14.7. The van der Waals surface area contributed by atoms with Gasteiger partial charge in [-0.05, 0) is 38.8 Å². The van der Waals surface area contributed by atoms with E-state index in [1.165, 1.54) is 11.3 Å². The number of carbonyl (C=O) groups is 2. The van der Waals surface area contributed by atoms with Gasteiger partial charge in [0.25, 0.3) is 11.8 Å². The topological polar surface area (TPSA) is 93.2 Å². The predicted molar refractivity (Wildman–Crippen MR) is 97.9 cm³/mol. The van der Waals surface area contributed by atoms with Crippen molar-refractivity contribution in [1.29, 1.82) is 0 Å². The van der Waals surface area contributed by atoms with Crippen LogP contribution in [0.3, 0.4) is 0 Å². The van der Waals surface area contributed by atoms with Crippen LogP contribution in [0.4, 0.5) is 5.00 Å². The fraction of sp³-hybridized carbons (Fsp3) is 0.471. The number of amides is 2. The van der Waals surface area contributed by atoms with Crippen molar-refractivity contribution in [3.63, 3.8) is 0 Å². The van der Waals surface area contributed by atoms with Crippen molar-refractivity contribution in [3.05, 3.63) is 34.0 Å². The number of nitrogens with one attached hydrogen (secondary N) is 1. The van der Waals surface area contributed by atoms with Crippen LogP contribution in [0.15, 0.2) is 12.3 Å². The Kier molecular flexibility index (Phi) is 4.91. The van der Waals surface area contributed by atoms with Gasteiger partial charge in [0.1, 0.15) is 10.7 Å². The van der Waals surface area contributed by atoms with E-state index < -0.39 is 5.91 Å². The Morgan fingerprint density at radius 1 is 1.44 bits per heavy atom. The number of nitrogens with zero attached hydrogens (tertiary/aromatic N) is 3. The highest BCUT2D eigenvalue weighted by Crippen LogP contribution is 2.37. The SMILES string of the molecule is CCn1nccc1C(=O)Nc1sc2c(c1C(N)=O)CCN(C(C)C)C2. The van der Waals surface area contributed by atoms with Crippen LogP contribution in [-0.4, -0.2) is 39.1 Å². The van der Waals surface area contributed by atoms with Crippen LogP contribution in [0, 0.1) is 0 Å². The van der Waals surface area contributed by atoms with Crippen molar-refractivity contribution in [2.45, 2.75) is 46.3 Å². The van der Waals surface area contributed by atoms with Gasteiger partial charge in [0.2, 0.25) is 0 Å². The number of aryl methyl sites for hydroxylation is 1. The molecule has 0 spiro atoms. The molecule has 2 amide bonds. The fourth-order valence-electron chi connectivity index (χ4n) is 3.16. The predicted octanol–water partition coefficient (Wildman–Crippen LogP) is 2.08. The molecule has 0 bridgehead atoms. The second kappa shape index (κ2) is 6.97. The Labute approximate surface area is 150 Å². The molecule has 134 valence electrons. The van der Waals surface area contributed by atoms with Crippen LogP contribution in [-0.2, 0) is 19.5 Å². The molecule has 0 fully saturated rings. The van der Waals surface area contributed by atoms with Gasteiger partial charge in [-0.3, -0.25) is 19.2 Å². The van der Waals surface area contributed by atoms with Gasteiger partial charge in [-0.25, -0.2) is 0 Å². The highest BCUT2D eigenvalue weighted by molar-refractivity contribution is 7.17. The normalized spacial score (nSPS) is 14.6. The summed E-state index contributed by atoms with van der Waals surface area (Å²) in [4.78, 5) is 28.0. The minimum Gasteiger partial charge on any atom is -0.365 e. The minimum atomic E-state index is -0.491. The average Bonchev–Trinajstić information content (AvgIpc) is 3.17. The van der Waals surface area contributed by atoms with Crippen molar-refractivity contribution in [2.75, 3.05) is 11.9 Å². The summed E-state index contributed by atoms with van der Waals surface area (Å²) in [6, 6.07) is 2.10. The molecular weight excluding hydrogens is 338 g/mol. The summed E-state index contributed by atoms with van der Waals surface area (Å²) in [7, 11) is 0. The summed E-state index contributed by atoms with van der Waals surface area (Å²) >= 11 is 1.45. The van der Waals surface area contributed by atoms with Crippen LogP contribution in [0.25, 0.3) is 0 Å². The first-order valence-corrected chi connectivity index (χ1v) is 9.25. The van der Waals surface area contributed by atoms with Gasteiger partial charge in [-0.1, -0.05) is 0 Å². The third-order valence-electron chi connectivity index (χ3n) is 4.54. The van der Waals surface area contributed by atoms with Crippen molar-refractivity contribution in [3.8, 4) is 0 Å². The quantitative estimate of drug-likeness (QED) is 0.853. The highest BCUT2D eigenvalue weighted by Gasteiger charge is 2.28. The zero-order chi connectivity index (χ0) is 18.1. The maximum Gasteiger partial charge on any atom is 0.274 e. The molecule has 1 aliphatic rings. The van der Waals surface area contributed by atoms with Gasteiger partial charge in [-0.2, -0.15) is 5.10 Å². The molecule has 8 heteroatoms. The van der Waals surface area contributed by atoms with E-state index in [9.17, 15) is 9.59 Å². The number of anilines is 1. The molecule has 0 unspecified atom stereocenters. The number of nitrogens with two attached hydrogens (primary N) is 1. The monoisotopic (exact) mass is 361 g/mol. The third kappa shape index (κ3) is 3.32. The first kappa shape index (κ1) is 17.6. The standard InChI is InChI=1S/C17H23N5O2S/c1-4-22-12(5-7-19-22)16(24)20-17-14(15(18)23)11-6-8-21(10(2)3)9-13(11)25-17/h5,7,10H,4,6,8-9H2,1-3H3,(H2,18,23)(H,20,24). The van der Waals surface area contributed by atoms with Crippen molar-refractivity contribution < 1.29 is 9.59 Å². The number of carbonyl (C=O) groups excluding carboxylic acids is 2. The average molecular weight is 361 g/mol. The lowest BCUT2D eigenvalue weighted by molar-refractivity contribution is 0.0999. The van der Waals surface area contributed by atoms with Crippen LogP contribution >= 0.6 is 11.3 Å². The number of fused-ring (bicyclic) bond motifs is 1. The van der Waals surface area contributed by atoms with Gasteiger partial charge >= 0.3 is 0 Å². The van der Waals surface area contributed by atoms with Gasteiger partial charge in [0, 0.05) is 36.8 Å². The lowest BCUT2D eigenvalue weighted by Gasteiger charge is -2.30. The molecule has 0 aromatic carbocycles.